The largest absolute Gasteiger partial charge is 0.453 e. The zero-order chi connectivity index (χ0) is 26.9. The van der Waals surface area contributed by atoms with Gasteiger partial charge < -0.3 is 9.47 Å². The van der Waals surface area contributed by atoms with Gasteiger partial charge in [0.2, 0.25) is 0 Å². The maximum Gasteiger partial charge on any atom is 0.387 e. The van der Waals surface area contributed by atoms with Gasteiger partial charge >= 0.3 is 6.61 Å². The van der Waals surface area contributed by atoms with E-state index in [2.05, 4.69) is 11.7 Å². The summed E-state index contributed by atoms with van der Waals surface area (Å²) in [6, 6.07) is 7.35. The molecule has 0 aromatic heterocycles. The van der Waals surface area contributed by atoms with Crippen molar-refractivity contribution in [2.24, 2.45) is 5.92 Å². The van der Waals surface area contributed by atoms with Crippen molar-refractivity contribution in [3.05, 3.63) is 76.6 Å². The number of benzene rings is 3. The van der Waals surface area contributed by atoms with Gasteiger partial charge in [-0.05, 0) is 68.2 Å². The molecular weight excluding hydrogens is 501 g/mol. The van der Waals surface area contributed by atoms with E-state index >= 15 is 8.78 Å². The molecule has 0 radical (unpaired) electrons. The number of ether oxygens (including phenoxy) is 2. The average Bonchev–Trinajstić information content (AvgIpc) is 2.88. The van der Waals surface area contributed by atoms with Gasteiger partial charge in [-0.15, -0.1) is 0 Å². The predicted octanol–water partition coefficient (Wildman–Crippen LogP) is 9.44. The van der Waals surface area contributed by atoms with Crippen molar-refractivity contribution in [2.75, 3.05) is 0 Å². The number of halogens is 7. The topological polar surface area (TPSA) is 18.5 Å². The van der Waals surface area contributed by atoms with Crippen molar-refractivity contribution in [2.45, 2.75) is 58.5 Å². The van der Waals surface area contributed by atoms with E-state index in [0.29, 0.717) is 18.8 Å². The average molecular weight is 526 g/mol. The number of hydrogen-bond acceptors (Lipinski definition) is 2. The molecule has 1 aliphatic rings. The monoisotopic (exact) mass is 526 g/mol. The van der Waals surface area contributed by atoms with Gasteiger partial charge in [-0.25, -0.2) is 22.0 Å². The zero-order valence-electron chi connectivity index (χ0n) is 20.2. The Morgan fingerprint density at radius 3 is 2.05 bits per heavy atom. The molecule has 0 amide bonds. The first kappa shape index (κ1) is 26.8. The van der Waals surface area contributed by atoms with Crippen molar-refractivity contribution >= 4 is 0 Å². The Kier molecular flexibility index (Phi) is 7.99. The molecule has 0 atom stereocenters. The number of alkyl halides is 2. The first-order valence-electron chi connectivity index (χ1n) is 12.0. The summed E-state index contributed by atoms with van der Waals surface area (Å²) in [6.07, 6.45) is 3.56. The highest BCUT2D eigenvalue weighted by atomic mass is 19.3. The summed E-state index contributed by atoms with van der Waals surface area (Å²) in [6.45, 7) is -0.285. The fraction of sp³-hybridized carbons (Fsp3) is 0.357. The Labute approximate surface area is 210 Å². The van der Waals surface area contributed by atoms with Crippen molar-refractivity contribution in [3.8, 4) is 28.4 Å². The highest BCUT2D eigenvalue weighted by molar-refractivity contribution is 5.72. The SMILES string of the molecule is CCC1CCC(c2c(F)c(F)c(C)c(F)c2Oc2ccccc2-c2cc(F)c(OC(F)F)c(F)c2)CC1. The summed E-state index contributed by atoms with van der Waals surface area (Å²) in [5.41, 5.74) is -0.798. The van der Waals surface area contributed by atoms with Crippen LogP contribution < -0.4 is 9.47 Å². The summed E-state index contributed by atoms with van der Waals surface area (Å²) < 4.78 is 109. The molecule has 3 aromatic carbocycles. The third kappa shape index (κ3) is 5.40. The van der Waals surface area contributed by atoms with Crippen LogP contribution in [0.4, 0.5) is 30.7 Å². The van der Waals surface area contributed by atoms with Crippen LogP contribution in [0.2, 0.25) is 0 Å². The summed E-state index contributed by atoms with van der Waals surface area (Å²) in [4.78, 5) is 0. The second-order valence-electron chi connectivity index (χ2n) is 9.18. The Morgan fingerprint density at radius 2 is 1.46 bits per heavy atom. The van der Waals surface area contributed by atoms with Gasteiger partial charge in [0, 0.05) is 16.7 Å². The molecule has 198 valence electrons. The van der Waals surface area contributed by atoms with Crippen LogP contribution in [0.25, 0.3) is 11.1 Å². The fourth-order valence-electron chi connectivity index (χ4n) is 4.91. The Balaban J connectivity index is 1.79. The molecule has 1 fully saturated rings. The van der Waals surface area contributed by atoms with E-state index in [0.717, 1.165) is 38.3 Å². The van der Waals surface area contributed by atoms with Gasteiger partial charge in [-0.2, -0.15) is 8.78 Å². The number of para-hydroxylation sites is 1. The Morgan fingerprint density at radius 1 is 0.838 bits per heavy atom. The highest BCUT2D eigenvalue weighted by Crippen LogP contribution is 2.46. The minimum atomic E-state index is -3.43. The lowest BCUT2D eigenvalue weighted by molar-refractivity contribution is -0.0546. The summed E-state index contributed by atoms with van der Waals surface area (Å²) in [5.74, 6) is -8.15. The summed E-state index contributed by atoms with van der Waals surface area (Å²) in [5, 5.41) is 0. The van der Waals surface area contributed by atoms with Crippen LogP contribution >= 0.6 is 0 Å². The fourth-order valence-corrected chi connectivity index (χ4v) is 4.91. The molecule has 0 bridgehead atoms. The predicted molar refractivity (Wildman–Crippen MR) is 125 cm³/mol. The van der Waals surface area contributed by atoms with Crippen LogP contribution in [-0.4, -0.2) is 6.61 Å². The molecule has 0 saturated heterocycles. The van der Waals surface area contributed by atoms with Crippen LogP contribution in [0, 0.1) is 41.9 Å². The molecule has 0 aliphatic heterocycles. The lowest BCUT2D eigenvalue weighted by Crippen LogP contribution is -2.16. The van der Waals surface area contributed by atoms with E-state index in [9.17, 15) is 22.0 Å². The quantitative estimate of drug-likeness (QED) is 0.226. The van der Waals surface area contributed by atoms with E-state index in [4.69, 9.17) is 4.74 Å². The third-order valence-corrected chi connectivity index (χ3v) is 6.98. The molecular formula is C28H25F7O2. The molecule has 9 heteroatoms. The molecule has 1 aliphatic carbocycles. The standard InChI is InChI=1S/C28H25F7O2/c1-3-15-8-10-16(11-9-15)22-25(33)23(31)14(2)24(32)27(22)36-21-7-5-4-6-18(21)17-12-19(29)26(20(30)13-17)37-28(34)35/h4-7,12-13,15-16,28H,3,8-11H2,1-2H3. The van der Waals surface area contributed by atoms with Gasteiger partial charge in [0.1, 0.15) is 5.75 Å². The molecule has 1 saturated carbocycles. The molecule has 0 N–H and O–H groups in total. The van der Waals surface area contributed by atoms with Crippen molar-refractivity contribution < 1.29 is 40.2 Å². The van der Waals surface area contributed by atoms with E-state index < -0.39 is 58.7 Å². The molecule has 0 unspecified atom stereocenters. The molecule has 2 nitrogen and oxygen atoms in total. The molecule has 0 spiro atoms. The third-order valence-electron chi connectivity index (χ3n) is 6.98. The van der Waals surface area contributed by atoms with E-state index in [1.807, 2.05) is 0 Å². The van der Waals surface area contributed by atoms with Crippen molar-refractivity contribution in [1.29, 1.82) is 0 Å². The Bertz CT molecular complexity index is 1260. The smallest absolute Gasteiger partial charge is 0.387 e. The summed E-state index contributed by atoms with van der Waals surface area (Å²) in [7, 11) is 0. The first-order chi connectivity index (χ1) is 17.6. The number of hydrogen-bond donors (Lipinski definition) is 0. The molecule has 3 aromatic rings. The highest BCUT2D eigenvalue weighted by Gasteiger charge is 2.32. The van der Waals surface area contributed by atoms with Crippen LogP contribution in [0.1, 0.15) is 56.1 Å². The normalized spacial score (nSPS) is 17.8. The van der Waals surface area contributed by atoms with Crippen LogP contribution in [0.15, 0.2) is 36.4 Å². The van der Waals surface area contributed by atoms with Crippen LogP contribution in [-0.2, 0) is 0 Å². The van der Waals surface area contributed by atoms with Crippen molar-refractivity contribution in [1.82, 2.24) is 0 Å². The lowest BCUT2D eigenvalue weighted by Gasteiger charge is -2.30. The van der Waals surface area contributed by atoms with Crippen LogP contribution in [0.5, 0.6) is 17.2 Å². The maximum absolute atomic E-state index is 15.4. The minimum Gasteiger partial charge on any atom is -0.453 e. The van der Waals surface area contributed by atoms with Gasteiger partial charge in [0.05, 0.1) is 0 Å². The van der Waals surface area contributed by atoms with Gasteiger partial charge in [0.15, 0.2) is 40.6 Å². The number of rotatable bonds is 7. The second kappa shape index (κ2) is 11.0. The van der Waals surface area contributed by atoms with Gasteiger partial charge in [-0.3, -0.25) is 0 Å². The first-order valence-corrected chi connectivity index (χ1v) is 12.0. The van der Waals surface area contributed by atoms with Gasteiger partial charge in [0.25, 0.3) is 0 Å². The maximum atomic E-state index is 15.4. The van der Waals surface area contributed by atoms with E-state index in [1.165, 1.54) is 24.3 Å². The van der Waals surface area contributed by atoms with E-state index in [-0.39, 0.29) is 22.4 Å². The molecule has 0 heterocycles. The minimum absolute atomic E-state index is 0.0753. The second-order valence-corrected chi connectivity index (χ2v) is 9.18. The summed E-state index contributed by atoms with van der Waals surface area (Å²) >= 11 is 0. The van der Waals surface area contributed by atoms with E-state index in [1.54, 1.807) is 0 Å². The van der Waals surface area contributed by atoms with Crippen molar-refractivity contribution in [3.63, 3.8) is 0 Å². The van der Waals surface area contributed by atoms with Gasteiger partial charge in [-0.1, -0.05) is 31.5 Å². The molecule has 4 rings (SSSR count). The van der Waals surface area contributed by atoms with Crippen LogP contribution in [0.3, 0.4) is 0 Å². The molecule has 37 heavy (non-hydrogen) atoms. The Hall–Kier alpha value is -3.23. The lowest BCUT2D eigenvalue weighted by atomic mass is 9.77. The zero-order valence-corrected chi connectivity index (χ0v) is 20.2.